The summed E-state index contributed by atoms with van der Waals surface area (Å²) in [5, 5.41) is 0. The fourth-order valence-electron chi connectivity index (χ4n) is 3.77. The monoisotopic (exact) mass is 388 g/mol. The van der Waals surface area contributed by atoms with Crippen LogP contribution in [-0.2, 0) is 10.3 Å². The zero-order valence-corrected chi connectivity index (χ0v) is 16.0. The van der Waals surface area contributed by atoms with Gasteiger partial charge in [0.1, 0.15) is 30.2 Å². The summed E-state index contributed by atoms with van der Waals surface area (Å²) in [4.78, 5) is 13.0. The molecule has 0 saturated heterocycles. The maximum atomic E-state index is 6.20. The Morgan fingerprint density at radius 3 is 2.52 bits per heavy atom. The molecule has 0 aliphatic carbocycles. The van der Waals surface area contributed by atoms with Gasteiger partial charge in [0.2, 0.25) is 0 Å². The number of benzene rings is 2. The summed E-state index contributed by atoms with van der Waals surface area (Å²) in [6.45, 7) is 3.02. The lowest BCUT2D eigenvalue weighted by molar-refractivity contribution is 0.263. The maximum absolute atomic E-state index is 6.20. The SMILES string of the molecule is CCCOc1ccc2c(c1)[C@@]1(COC(N)=N1)c1cc(-c3cncnc3)ccc1O2. The molecule has 2 N–H and O–H groups in total. The van der Waals surface area contributed by atoms with Gasteiger partial charge in [-0.05, 0) is 42.3 Å². The van der Waals surface area contributed by atoms with E-state index in [1.807, 2.05) is 36.4 Å². The zero-order valence-electron chi connectivity index (χ0n) is 16.0. The average molecular weight is 388 g/mol. The highest BCUT2D eigenvalue weighted by Gasteiger charge is 2.47. The summed E-state index contributed by atoms with van der Waals surface area (Å²) in [7, 11) is 0. The van der Waals surface area contributed by atoms with Crippen molar-refractivity contribution >= 4 is 6.02 Å². The Hall–Kier alpha value is -3.61. The third-order valence-electron chi connectivity index (χ3n) is 5.14. The van der Waals surface area contributed by atoms with E-state index in [1.165, 1.54) is 6.33 Å². The first kappa shape index (κ1) is 17.5. The predicted molar refractivity (Wildman–Crippen MR) is 108 cm³/mol. The number of nitrogens with two attached hydrogens (primary N) is 1. The number of amidine groups is 1. The van der Waals surface area contributed by atoms with Crippen LogP contribution in [0.2, 0.25) is 0 Å². The molecule has 7 heteroatoms. The van der Waals surface area contributed by atoms with E-state index in [4.69, 9.17) is 24.9 Å². The third kappa shape index (κ3) is 2.86. The van der Waals surface area contributed by atoms with Gasteiger partial charge in [0.05, 0.1) is 6.61 Å². The van der Waals surface area contributed by atoms with Crippen molar-refractivity contribution in [1.29, 1.82) is 0 Å². The van der Waals surface area contributed by atoms with Crippen LogP contribution in [0.3, 0.4) is 0 Å². The smallest absolute Gasteiger partial charge is 0.283 e. The second kappa shape index (κ2) is 6.77. The van der Waals surface area contributed by atoms with E-state index in [-0.39, 0.29) is 6.02 Å². The molecule has 29 heavy (non-hydrogen) atoms. The second-order valence-electron chi connectivity index (χ2n) is 7.05. The van der Waals surface area contributed by atoms with Crippen LogP contribution in [-0.4, -0.2) is 29.2 Å². The van der Waals surface area contributed by atoms with Crippen molar-refractivity contribution in [3.63, 3.8) is 0 Å². The van der Waals surface area contributed by atoms with Crippen LogP contribution < -0.4 is 15.2 Å². The molecule has 0 saturated carbocycles. The van der Waals surface area contributed by atoms with Crippen LogP contribution in [0.1, 0.15) is 24.5 Å². The lowest BCUT2D eigenvalue weighted by atomic mass is 9.80. The molecule has 146 valence electrons. The summed E-state index contributed by atoms with van der Waals surface area (Å²) >= 11 is 0. The summed E-state index contributed by atoms with van der Waals surface area (Å²) in [5.74, 6) is 2.21. The van der Waals surface area contributed by atoms with Gasteiger partial charge in [-0.3, -0.25) is 0 Å². The van der Waals surface area contributed by atoms with E-state index < -0.39 is 5.54 Å². The number of nitrogens with zero attached hydrogens (tertiary/aromatic N) is 3. The van der Waals surface area contributed by atoms with E-state index in [2.05, 4.69) is 16.9 Å². The average Bonchev–Trinajstić information content (AvgIpc) is 3.15. The molecule has 2 aliphatic heterocycles. The van der Waals surface area contributed by atoms with Crippen molar-refractivity contribution in [2.75, 3.05) is 13.2 Å². The highest BCUT2D eigenvalue weighted by Crippen LogP contribution is 2.52. The molecule has 3 aromatic rings. The second-order valence-corrected chi connectivity index (χ2v) is 7.05. The van der Waals surface area contributed by atoms with Crippen LogP contribution in [0, 0.1) is 0 Å². The molecule has 0 fully saturated rings. The van der Waals surface area contributed by atoms with Crippen molar-refractivity contribution < 1.29 is 14.2 Å². The molecule has 5 rings (SSSR count). The largest absolute Gasteiger partial charge is 0.494 e. The summed E-state index contributed by atoms with van der Waals surface area (Å²) in [6, 6.07) is 11.9. The zero-order chi connectivity index (χ0) is 19.8. The Bertz CT molecular complexity index is 1100. The van der Waals surface area contributed by atoms with Gasteiger partial charge in [0, 0.05) is 29.1 Å². The minimum atomic E-state index is -0.787. The Balaban J connectivity index is 1.68. The van der Waals surface area contributed by atoms with Crippen LogP contribution in [0.5, 0.6) is 17.2 Å². The first-order valence-corrected chi connectivity index (χ1v) is 9.53. The van der Waals surface area contributed by atoms with Gasteiger partial charge in [-0.15, -0.1) is 0 Å². The molecule has 0 radical (unpaired) electrons. The minimum absolute atomic E-state index is 0.164. The van der Waals surface area contributed by atoms with Gasteiger partial charge >= 0.3 is 0 Å². The van der Waals surface area contributed by atoms with Crippen molar-refractivity contribution in [1.82, 2.24) is 9.97 Å². The van der Waals surface area contributed by atoms with E-state index in [0.717, 1.165) is 45.9 Å². The van der Waals surface area contributed by atoms with Gasteiger partial charge in [0.25, 0.3) is 6.02 Å². The molecule has 0 unspecified atom stereocenters. The number of aliphatic imine (C=N–C) groups is 1. The molecular weight excluding hydrogens is 368 g/mol. The number of rotatable bonds is 4. The molecule has 1 atom stereocenters. The van der Waals surface area contributed by atoms with Gasteiger partial charge in [-0.25, -0.2) is 15.0 Å². The molecule has 2 aromatic carbocycles. The Morgan fingerprint density at radius 2 is 1.79 bits per heavy atom. The van der Waals surface area contributed by atoms with Gasteiger partial charge in [-0.2, -0.15) is 0 Å². The van der Waals surface area contributed by atoms with Gasteiger partial charge < -0.3 is 19.9 Å². The molecule has 0 amide bonds. The van der Waals surface area contributed by atoms with E-state index in [0.29, 0.717) is 13.2 Å². The Morgan fingerprint density at radius 1 is 1.03 bits per heavy atom. The highest BCUT2D eigenvalue weighted by atomic mass is 16.5. The maximum Gasteiger partial charge on any atom is 0.283 e. The summed E-state index contributed by atoms with van der Waals surface area (Å²) < 4.78 is 17.7. The fraction of sp³-hybridized carbons (Fsp3) is 0.227. The number of fused-ring (bicyclic) bond motifs is 4. The first-order valence-electron chi connectivity index (χ1n) is 9.53. The quantitative estimate of drug-likeness (QED) is 0.734. The number of hydrogen-bond acceptors (Lipinski definition) is 7. The lowest BCUT2D eigenvalue weighted by Crippen LogP contribution is -2.31. The Labute approximate surface area is 168 Å². The van der Waals surface area contributed by atoms with Crippen LogP contribution in [0.4, 0.5) is 0 Å². The van der Waals surface area contributed by atoms with Crippen molar-refractivity contribution in [3.05, 3.63) is 66.2 Å². The van der Waals surface area contributed by atoms with Gasteiger partial charge in [0.15, 0.2) is 5.54 Å². The highest BCUT2D eigenvalue weighted by molar-refractivity contribution is 5.78. The van der Waals surface area contributed by atoms with Crippen molar-refractivity contribution in [3.8, 4) is 28.4 Å². The molecule has 3 heterocycles. The van der Waals surface area contributed by atoms with E-state index in [1.54, 1.807) is 12.4 Å². The lowest BCUT2D eigenvalue weighted by Gasteiger charge is -2.34. The summed E-state index contributed by atoms with van der Waals surface area (Å²) in [5.41, 5.74) is 8.81. The molecule has 1 aromatic heterocycles. The van der Waals surface area contributed by atoms with Crippen molar-refractivity contribution in [2.45, 2.75) is 18.9 Å². The third-order valence-corrected chi connectivity index (χ3v) is 5.14. The fourth-order valence-corrected chi connectivity index (χ4v) is 3.77. The van der Waals surface area contributed by atoms with E-state index >= 15 is 0 Å². The molecule has 7 nitrogen and oxygen atoms in total. The molecule has 1 spiro atoms. The normalized spacial score (nSPS) is 19.0. The standard InChI is InChI=1S/C22H20N4O3/c1-2-7-27-16-4-6-20-18(9-16)22(12-28-21(23)26-22)17-8-14(3-5-19(17)29-20)15-10-24-13-25-11-15/h3-6,8-11,13H,2,7,12H2,1H3,(H2,23,26)/t22-/m1/s1. The molecule has 0 bridgehead atoms. The Kier molecular flexibility index (Phi) is 4.08. The first-order chi connectivity index (χ1) is 14.2. The number of ether oxygens (including phenoxy) is 3. The van der Waals surface area contributed by atoms with Crippen LogP contribution in [0.25, 0.3) is 11.1 Å². The van der Waals surface area contributed by atoms with Gasteiger partial charge in [-0.1, -0.05) is 13.0 Å². The summed E-state index contributed by atoms with van der Waals surface area (Å²) in [6.07, 6.45) is 5.99. The van der Waals surface area contributed by atoms with E-state index in [9.17, 15) is 0 Å². The van der Waals surface area contributed by atoms with Crippen LogP contribution in [0.15, 0.2) is 60.1 Å². The topological polar surface area (TPSA) is 91.9 Å². The molecule has 2 aliphatic rings. The number of hydrogen-bond donors (Lipinski definition) is 1. The van der Waals surface area contributed by atoms with Crippen molar-refractivity contribution in [2.24, 2.45) is 10.7 Å². The number of aromatic nitrogens is 2. The van der Waals surface area contributed by atoms with Crippen LogP contribution >= 0.6 is 0 Å². The predicted octanol–water partition coefficient (Wildman–Crippen LogP) is 3.63. The molecular formula is C22H20N4O3. The minimum Gasteiger partial charge on any atom is -0.494 e.